The Bertz CT molecular complexity index is 677. The van der Waals surface area contributed by atoms with Gasteiger partial charge in [-0.2, -0.15) is 10.1 Å². The summed E-state index contributed by atoms with van der Waals surface area (Å²) in [5.41, 5.74) is 6.34. The number of primary amides is 1. The summed E-state index contributed by atoms with van der Waals surface area (Å²) in [4.78, 5) is 17.5. The second-order valence-electron chi connectivity index (χ2n) is 6.41. The van der Waals surface area contributed by atoms with Crippen LogP contribution in [0, 0.1) is 5.92 Å². The minimum atomic E-state index is -0.667. The number of amides is 1. The van der Waals surface area contributed by atoms with Crippen LogP contribution in [0.25, 0.3) is 0 Å². The summed E-state index contributed by atoms with van der Waals surface area (Å²) < 4.78 is 7.19. The summed E-state index contributed by atoms with van der Waals surface area (Å²) in [7, 11) is 0. The van der Waals surface area contributed by atoms with Crippen molar-refractivity contribution in [2.24, 2.45) is 11.7 Å². The maximum Gasteiger partial charge on any atom is 0.290 e. The Morgan fingerprint density at radius 1 is 1.52 bits per heavy atom. The lowest BCUT2D eigenvalue weighted by Gasteiger charge is -2.20. The average molecular weight is 318 g/mol. The molecule has 0 aromatic carbocycles. The second-order valence-corrected chi connectivity index (χ2v) is 6.41. The number of carbonyl (C=O) groups excluding carboxylic acids is 1. The Balaban J connectivity index is 1.69. The van der Waals surface area contributed by atoms with Crippen LogP contribution in [0.15, 0.2) is 16.9 Å². The fourth-order valence-corrected chi connectivity index (χ4v) is 2.96. The maximum atomic E-state index is 11.1. The SMILES string of the molecule is CC(C)Cn1cc(CN2CCC[C@H]2c2nc(C(N)=O)no2)cn1. The number of carbonyl (C=O) groups is 1. The third-order valence-electron chi connectivity index (χ3n) is 3.94. The third-order valence-corrected chi connectivity index (χ3v) is 3.94. The van der Waals surface area contributed by atoms with E-state index in [2.05, 4.69) is 40.2 Å². The largest absolute Gasteiger partial charge is 0.363 e. The first-order valence-corrected chi connectivity index (χ1v) is 7.91. The molecule has 1 amide bonds. The third kappa shape index (κ3) is 3.58. The van der Waals surface area contributed by atoms with E-state index in [1.807, 2.05) is 10.9 Å². The summed E-state index contributed by atoms with van der Waals surface area (Å²) >= 11 is 0. The van der Waals surface area contributed by atoms with Gasteiger partial charge in [-0.05, 0) is 25.3 Å². The van der Waals surface area contributed by atoms with Gasteiger partial charge < -0.3 is 10.3 Å². The van der Waals surface area contributed by atoms with Gasteiger partial charge in [0.15, 0.2) is 0 Å². The molecular weight excluding hydrogens is 296 g/mol. The Hall–Kier alpha value is -2.22. The first kappa shape index (κ1) is 15.7. The van der Waals surface area contributed by atoms with Crippen LogP contribution in [0.2, 0.25) is 0 Å². The fourth-order valence-electron chi connectivity index (χ4n) is 2.96. The second kappa shape index (κ2) is 6.49. The molecule has 0 radical (unpaired) electrons. The number of nitrogens with zero attached hydrogens (tertiary/aromatic N) is 5. The Morgan fingerprint density at radius 3 is 3.04 bits per heavy atom. The van der Waals surface area contributed by atoms with Crippen LogP contribution < -0.4 is 5.73 Å². The van der Waals surface area contributed by atoms with Gasteiger partial charge in [-0.25, -0.2) is 0 Å². The van der Waals surface area contributed by atoms with E-state index < -0.39 is 5.91 Å². The van der Waals surface area contributed by atoms with Crippen molar-refractivity contribution in [2.75, 3.05) is 6.54 Å². The van der Waals surface area contributed by atoms with Gasteiger partial charge in [0.2, 0.25) is 5.89 Å². The van der Waals surface area contributed by atoms with Crippen molar-refractivity contribution in [1.82, 2.24) is 24.8 Å². The van der Waals surface area contributed by atoms with E-state index in [1.165, 1.54) is 0 Å². The maximum absolute atomic E-state index is 11.1. The normalized spacial score (nSPS) is 18.8. The summed E-state index contributed by atoms with van der Waals surface area (Å²) in [6.07, 6.45) is 5.97. The van der Waals surface area contributed by atoms with Crippen molar-refractivity contribution in [3.63, 3.8) is 0 Å². The molecule has 0 aliphatic carbocycles. The first-order valence-electron chi connectivity index (χ1n) is 7.91. The number of hydrogen-bond acceptors (Lipinski definition) is 6. The van der Waals surface area contributed by atoms with Crippen LogP contribution in [-0.2, 0) is 13.1 Å². The van der Waals surface area contributed by atoms with Gasteiger partial charge >= 0.3 is 0 Å². The molecule has 2 N–H and O–H groups in total. The molecule has 23 heavy (non-hydrogen) atoms. The average Bonchev–Trinajstić information content (AvgIpc) is 3.18. The van der Waals surface area contributed by atoms with E-state index in [-0.39, 0.29) is 11.9 Å². The highest BCUT2D eigenvalue weighted by Crippen LogP contribution is 2.32. The highest BCUT2D eigenvalue weighted by atomic mass is 16.5. The monoisotopic (exact) mass is 318 g/mol. The molecule has 0 bridgehead atoms. The highest BCUT2D eigenvalue weighted by Gasteiger charge is 2.31. The van der Waals surface area contributed by atoms with Gasteiger partial charge in [-0.3, -0.25) is 14.4 Å². The van der Waals surface area contributed by atoms with E-state index in [1.54, 1.807) is 0 Å². The lowest BCUT2D eigenvalue weighted by Crippen LogP contribution is -2.23. The van der Waals surface area contributed by atoms with Gasteiger partial charge in [0.05, 0.1) is 12.2 Å². The topological polar surface area (TPSA) is 103 Å². The molecule has 1 atom stereocenters. The molecule has 8 nitrogen and oxygen atoms in total. The number of likely N-dealkylation sites (tertiary alicyclic amines) is 1. The highest BCUT2D eigenvalue weighted by molar-refractivity contribution is 5.88. The molecule has 3 heterocycles. The van der Waals surface area contributed by atoms with Crippen LogP contribution in [0.4, 0.5) is 0 Å². The zero-order valence-corrected chi connectivity index (χ0v) is 13.5. The number of aromatic nitrogens is 4. The molecule has 8 heteroatoms. The van der Waals surface area contributed by atoms with Crippen LogP contribution in [0.1, 0.15) is 54.8 Å². The van der Waals surface area contributed by atoms with Crippen molar-refractivity contribution in [2.45, 2.75) is 45.8 Å². The van der Waals surface area contributed by atoms with Gasteiger partial charge in [0.1, 0.15) is 0 Å². The molecule has 0 unspecified atom stereocenters. The van der Waals surface area contributed by atoms with Gasteiger partial charge in [-0.15, -0.1) is 0 Å². The predicted molar refractivity (Wildman–Crippen MR) is 82.3 cm³/mol. The van der Waals surface area contributed by atoms with Crippen LogP contribution in [-0.4, -0.2) is 37.3 Å². The van der Waals surface area contributed by atoms with E-state index in [0.717, 1.165) is 38.0 Å². The fraction of sp³-hybridized carbons (Fsp3) is 0.600. The molecule has 1 aliphatic rings. The molecule has 0 saturated carbocycles. The minimum absolute atomic E-state index is 0.0315. The predicted octanol–water partition coefficient (Wildman–Crippen LogP) is 1.36. The number of hydrogen-bond donors (Lipinski definition) is 1. The van der Waals surface area contributed by atoms with Gasteiger partial charge in [0.25, 0.3) is 11.7 Å². The zero-order chi connectivity index (χ0) is 16.4. The van der Waals surface area contributed by atoms with Crippen molar-refractivity contribution >= 4 is 5.91 Å². The van der Waals surface area contributed by atoms with Crippen LogP contribution in [0.5, 0.6) is 0 Å². The molecular formula is C15H22N6O2. The van der Waals surface area contributed by atoms with Gasteiger partial charge in [0, 0.05) is 24.8 Å². The van der Waals surface area contributed by atoms with Crippen LogP contribution >= 0.6 is 0 Å². The van der Waals surface area contributed by atoms with Gasteiger partial charge in [-0.1, -0.05) is 19.0 Å². The summed E-state index contributed by atoms with van der Waals surface area (Å²) in [5.74, 6) is 0.301. The smallest absolute Gasteiger partial charge is 0.290 e. The number of nitrogens with two attached hydrogens (primary N) is 1. The molecule has 0 spiro atoms. The van der Waals surface area contributed by atoms with Crippen molar-refractivity contribution in [1.29, 1.82) is 0 Å². The zero-order valence-electron chi connectivity index (χ0n) is 13.5. The minimum Gasteiger partial charge on any atom is -0.363 e. The molecule has 1 saturated heterocycles. The standard InChI is InChI=1S/C15H22N6O2/c1-10(2)7-21-9-11(6-17-21)8-20-5-3-4-12(20)15-18-14(13(16)22)19-23-15/h6,9-10,12H,3-5,7-8H2,1-2H3,(H2,16,22)/t12-/m0/s1. The van der Waals surface area contributed by atoms with E-state index in [9.17, 15) is 4.79 Å². The summed E-state index contributed by atoms with van der Waals surface area (Å²) in [6.45, 7) is 6.98. The first-order chi connectivity index (χ1) is 11.0. The Morgan fingerprint density at radius 2 is 2.35 bits per heavy atom. The quantitative estimate of drug-likeness (QED) is 0.862. The Labute approximate surface area is 134 Å². The summed E-state index contributed by atoms with van der Waals surface area (Å²) in [5, 5.41) is 8.04. The molecule has 3 rings (SSSR count). The van der Waals surface area contributed by atoms with E-state index in [0.29, 0.717) is 11.8 Å². The van der Waals surface area contributed by atoms with Crippen LogP contribution in [0.3, 0.4) is 0 Å². The number of rotatable bonds is 6. The van der Waals surface area contributed by atoms with Crippen molar-refractivity contribution in [3.05, 3.63) is 29.7 Å². The molecule has 124 valence electrons. The van der Waals surface area contributed by atoms with E-state index >= 15 is 0 Å². The molecule has 2 aromatic heterocycles. The molecule has 2 aromatic rings. The lowest BCUT2D eigenvalue weighted by atomic mass is 10.2. The molecule has 1 aliphatic heterocycles. The van der Waals surface area contributed by atoms with Crippen molar-refractivity contribution < 1.29 is 9.32 Å². The summed E-state index contributed by atoms with van der Waals surface area (Å²) in [6, 6.07) is 0.0315. The molecule has 1 fully saturated rings. The Kier molecular flexibility index (Phi) is 4.42. The van der Waals surface area contributed by atoms with Crippen molar-refractivity contribution in [3.8, 4) is 0 Å². The lowest BCUT2D eigenvalue weighted by molar-refractivity contribution is 0.0987. The van der Waals surface area contributed by atoms with E-state index in [4.69, 9.17) is 10.3 Å².